The number of benzene rings is 1. The molecule has 1 aliphatic rings. The number of halogens is 1. The smallest absolute Gasteiger partial charge is 0.328 e. The largest absolute Gasteiger partial charge is 0.480 e. The van der Waals surface area contributed by atoms with Gasteiger partial charge in [-0.1, -0.05) is 22.0 Å². The Morgan fingerprint density at radius 1 is 1.38 bits per heavy atom. The molecule has 1 aromatic heterocycles. The number of carbonyl (C=O) groups excluding carboxylic acids is 1. The number of hydrogen-bond donors (Lipinski definition) is 2. The summed E-state index contributed by atoms with van der Waals surface area (Å²) in [4.78, 5) is 28.1. The lowest BCUT2D eigenvalue weighted by Gasteiger charge is -2.32. The van der Waals surface area contributed by atoms with Crippen LogP contribution >= 0.6 is 15.9 Å². The Kier molecular flexibility index (Phi) is 3.69. The van der Waals surface area contributed by atoms with Crippen molar-refractivity contribution in [3.05, 3.63) is 34.4 Å². The molecule has 1 aromatic carbocycles. The number of hydrogen-bond acceptors (Lipinski definition) is 3. The van der Waals surface area contributed by atoms with Crippen molar-refractivity contribution in [3.8, 4) is 0 Å². The van der Waals surface area contributed by atoms with Crippen LogP contribution in [0.25, 0.3) is 10.9 Å². The van der Waals surface area contributed by atoms with E-state index in [9.17, 15) is 14.7 Å². The number of nitrogens with one attached hydrogen (secondary N) is 1. The van der Waals surface area contributed by atoms with E-state index < -0.39 is 12.0 Å². The van der Waals surface area contributed by atoms with E-state index in [0.717, 1.165) is 15.4 Å². The Hall–Kier alpha value is -1.86. The highest BCUT2D eigenvalue weighted by molar-refractivity contribution is 9.10. The fourth-order valence-corrected chi connectivity index (χ4v) is 2.78. The highest BCUT2D eigenvalue weighted by atomic mass is 79.9. The molecule has 3 rings (SSSR count). The fourth-order valence-electron chi connectivity index (χ4n) is 2.42. The molecule has 2 heterocycles. The number of H-pyrrole nitrogens is 1. The van der Waals surface area contributed by atoms with Crippen LogP contribution in [-0.2, 0) is 9.53 Å². The molecule has 0 radical (unpaired) electrons. The highest BCUT2D eigenvalue weighted by Crippen LogP contribution is 2.22. The minimum absolute atomic E-state index is 0.0207. The second-order valence-corrected chi connectivity index (χ2v) is 5.76. The summed E-state index contributed by atoms with van der Waals surface area (Å²) in [5.41, 5.74) is 1.21. The molecule has 21 heavy (non-hydrogen) atoms. The zero-order valence-corrected chi connectivity index (χ0v) is 12.6. The van der Waals surface area contributed by atoms with E-state index >= 15 is 0 Å². The molecule has 2 aromatic rings. The van der Waals surface area contributed by atoms with Crippen molar-refractivity contribution in [1.82, 2.24) is 9.88 Å². The van der Waals surface area contributed by atoms with Gasteiger partial charge >= 0.3 is 5.97 Å². The van der Waals surface area contributed by atoms with Crippen molar-refractivity contribution in [3.63, 3.8) is 0 Å². The normalized spacial score (nSPS) is 18.9. The summed E-state index contributed by atoms with van der Waals surface area (Å²) in [6, 6.07) is 6.45. The third-order valence-corrected chi connectivity index (χ3v) is 3.98. The fraction of sp³-hybridized carbons (Fsp3) is 0.286. The van der Waals surface area contributed by atoms with Gasteiger partial charge in [-0.2, -0.15) is 0 Å². The minimum atomic E-state index is -1.05. The van der Waals surface area contributed by atoms with E-state index in [1.807, 2.05) is 18.2 Å². The molecule has 0 saturated carbocycles. The van der Waals surface area contributed by atoms with Crippen LogP contribution in [0.3, 0.4) is 0 Å². The first-order valence-electron chi connectivity index (χ1n) is 6.46. The quantitative estimate of drug-likeness (QED) is 0.863. The van der Waals surface area contributed by atoms with E-state index in [1.165, 1.54) is 4.90 Å². The van der Waals surface area contributed by atoms with Gasteiger partial charge in [0, 0.05) is 21.9 Å². The summed E-state index contributed by atoms with van der Waals surface area (Å²) in [7, 11) is 0. The lowest BCUT2D eigenvalue weighted by Crippen LogP contribution is -2.52. The molecule has 1 saturated heterocycles. The first-order chi connectivity index (χ1) is 10.1. The van der Waals surface area contributed by atoms with E-state index in [2.05, 4.69) is 20.9 Å². The maximum atomic E-state index is 12.5. The van der Waals surface area contributed by atoms with Gasteiger partial charge < -0.3 is 19.7 Å². The van der Waals surface area contributed by atoms with Crippen molar-refractivity contribution in [1.29, 1.82) is 0 Å². The lowest BCUT2D eigenvalue weighted by atomic mass is 10.2. The van der Waals surface area contributed by atoms with Gasteiger partial charge in [0.05, 0.1) is 13.2 Å². The first-order valence-corrected chi connectivity index (χ1v) is 7.25. The molecule has 7 heteroatoms. The standard InChI is InChI=1S/C14H13BrN2O4/c15-9-2-1-8-5-11(16-10(8)6-9)13(18)17-3-4-21-7-12(17)14(19)20/h1-2,5-6,12,16H,3-4,7H2,(H,19,20)/t12-/m1/s1. The van der Waals surface area contributed by atoms with Gasteiger partial charge in [0.2, 0.25) is 0 Å². The van der Waals surface area contributed by atoms with Crippen molar-refractivity contribution >= 4 is 38.7 Å². The van der Waals surface area contributed by atoms with Crippen LogP contribution in [0.2, 0.25) is 0 Å². The van der Waals surface area contributed by atoms with Crippen LogP contribution < -0.4 is 0 Å². The third-order valence-electron chi connectivity index (χ3n) is 3.49. The van der Waals surface area contributed by atoms with Crippen LogP contribution in [0.1, 0.15) is 10.5 Å². The van der Waals surface area contributed by atoms with Crippen molar-refractivity contribution in [2.45, 2.75) is 6.04 Å². The van der Waals surface area contributed by atoms with E-state index in [0.29, 0.717) is 12.3 Å². The van der Waals surface area contributed by atoms with Gasteiger partial charge in [-0.25, -0.2) is 4.79 Å². The number of aromatic nitrogens is 1. The summed E-state index contributed by atoms with van der Waals surface area (Å²) < 4.78 is 6.05. The molecule has 0 bridgehead atoms. The van der Waals surface area contributed by atoms with Crippen LogP contribution in [0.4, 0.5) is 0 Å². The van der Waals surface area contributed by atoms with Gasteiger partial charge in [-0.15, -0.1) is 0 Å². The van der Waals surface area contributed by atoms with Gasteiger partial charge in [0.1, 0.15) is 5.69 Å². The molecule has 0 spiro atoms. The number of amides is 1. The summed E-state index contributed by atoms with van der Waals surface area (Å²) in [5.74, 6) is -1.38. The van der Waals surface area contributed by atoms with Crippen LogP contribution in [0.5, 0.6) is 0 Å². The first kappa shape index (κ1) is 14.1. The molecule has 2 N–H and O–H groups in total. The average Bonchev–Trinajstić information content (AvgIpc) is 2.89. The average molecular weight is 353 g/mol. The van der Waals surface area contributed by atoms with Crippen molar-refractivity contribution in [2.24, 2.45) is 0 Å². The zero-order chi connectivity index (χ0) is 15.0. The maximum Gasteiger partial charge on any atom is 0.328 e. The lowest BCUT2D eigenvalue weighted by molar-refractivity contribution is -0.147. The minimum Gasteiger partial charge on any atom is -0.480 e. The number of carboxylic acid groups (broad SMARTS) is 1. The predicted octanol–water partition coefficient (Wildman–Crippen LogP) is 1.86. The molecular weight excluding hydrogens is 340 g/mol. The Balaban J connectivity index is 1.93. The van der Waals surface area contributed by atoms with E-state index in [4.69, 9.17) is 4.74 Å². The zero-order valence-electron chi connectivity index (χ0n) is 11.0. The molecule has 1 aliphatic heterocycles. The molecule has 6 nitrogen and oxygen atoms in total. The number of ether oxygens (including phenoxy) is 1. The van der Waals surface area contributed by atoms with E-state index in [1.54, 1.807) is 6.07 Å². The summed E-state index contributed by atoms with van der Waals surface area (Å²) in [5, 5.41) is 10.1. The van der Waals surface area contributed by atoms with Gasteiger partial charge in [-0.3, -0.25) is 4.79 Å². The second kappa shape index (κ2) is 5.50. The Bertz CT molecular complexity index is 712. The molecule has 1 atom stereocenters. The number of carbonyl (C=O) groups is 2. The Morgan fingerprint density at radius 3 is 2.95 bits per heavy atom. The number of nitrogens with zero attached hydrogens (tertiary/aromatic N) is 1. The van der Waals surface area contributed by atoms with Crippen LogP contribution in [-0.4, -0.2) is 52.7 Å². The SMILES string of the molecule is O=C(O)[C@H]1COCCN1C(=O)c1cc2ccc(Br)cc2[nH]1. The number of fused-ring (bicyclic) bond motifs is 1. The number of aliphatic carboxylic acids is 1. The van der Waals surface area contributed by atoms with Gasteiger partial charge in [-0.05, 0) is 18.2 Å². The number of carboxylic acids is 1. The summed E-state index contributed by atoms with van der Waals surface area (Å²) >= 11 is 3.37. The van der Waals surface area contributed by atoms with Crippen LogP contribution in [0, 0.1) is 0 Å². The van der Waals surface area contributed by atoms with Crippen molar-refractivity contribution < 1.29 is 19.4 Å². The highest BCUT2D eigenvalue weighted by Gasteiger charge is 2.33. The Labute approximate surface area is 128 Å². The molecule has 1 fully saturated rings. The molecule has 1 amide bonds. The third kappa shape index (κ3) is 2.66. The Morgan fingerprint density at radius 2 is 2.19 bits per heavy atom. The van der Waals surface area contributed by atoms with Crippen LogP contribution in [0.15, 0.2) is 28.7 Å². The summed E-state index contributed by atoms with van der Waals surface area (Å²) in [6.07, 6.45) is 0. The second-order valence-electron chi connectivity index (χ2n) is 4.84. The van der Waals surface area contributed by atoms with Gasteiger partial charge in [0.25, 0.3) is 5.91 Å². The number of rotatable bonds is 2. The monoisotopic (exact) mass is 352 g/mol. The number of aromatic amines is 1. The molecule has 0 aliphatic carbocycles. The van der Waals surface area contributed by atoms with Crippen molar-refractivity contribution in [2.75, 3.05) is 19.8 Å². The maximum absolute atomic E-state index is 12.5. The molecule has 0 unspecified atom stereocenters. The van der Waals surface area contributed by atoms with E-state index in [-0.39, 0.29) is 19.1 Å². The molecular formula is C14H13BrN2O4. The molecule has 110 valence electrons. The van der Waals surface area contributed by atoms with Gasteiger partial charge in [0.15, 0.2) is 6.04 Å². The number of morpholine rings is 1. The topological polar surface area (TPSA) is 82.6 Å². The predicted molar refractivity (Wildman–Crippen MR) is 79.3 cm³/mol. The summed E-state index contributed by atoms with van der Waals surface area (Å²) in [6.45, 7) is 0.642.